The fourth-order valence-corrected chi connectivity index (χ4v) is 3.64. The molecule has 1 heterocycles. The number of nitrogens with zero attached hydrogens (tertiary/aromatic N) is 2. The maximum Gasteiger partial charge on any atom is 0.316 e. The predicted octanol–water partition coefficient (Wildman–Crippen LogP) is 3.27. The van der Waals surface area contributed by atoms with Crippen LogP contribution in [0, 0.1) is 13.8 Å². The van der Waals surface area contributed by atoms with Gasteiger partial charge in [0.2, 0.25) is 0 Å². The molecule has 0 unspecified atom stereocenters. The number of methoxy groups -OCH3 is 1. The summed E-state index contributed by atoms with van der Waals surface area (Å²) in [6.45, 7) is 4.16. The van der Waals surface area contributed by atoms with E-state index in [1.807, 2.05) is 6.92 Å². The van der Waals surface area contributed by atoms with Gasteiger partial charge in [-0.1, -0.05) is 31.0 Å². The average Bonchev–Trinajstić information content (AvgIpc) is 2.72. The van der Waals surface area contributed by atoms with Crippen LogP contribution in [0.15, 0.2) is 5.16 Å². The molecule has 1 fully saturated rings. The average molecular weight is 282 g/mol. The molecule has 19 heavy (non-hydrogen) atoms. The minimum atomic E-state index is -0.196. The van der Waals surface area contributed by atoms with Crippen molar-refractivity contribution in [1.29, 1.82) is 0 Å². The van der Waals surface area contributed by atoms with Gasteiger partial charge in [0.15, 0.2) is 5.16 Å². The van der Waals surface area contributed by atoms with E-state index in [0.29, 0.717) is 11.8 Å². The second kappa shape index (κ2) is 6.46. The van der Waals surface area contributed by atoms with Crippen molar-refractivity contribution < 1.29 is 9.53 Å². The largest absolute Gasteiger partial charge is 0.468 e. The minimum Gasteiger partial charge on any atom is -0.468 e. The van der Waals surface area contributed by atoms with E-state index in [0.717, 1.165) is 10.9 Å². The van der Waals surface area contributed by atoms with Gasteiger partial charge in [0.1, 0.15) is 0 Å². The zero-order chi connectivity index (χ0) is 13.8. The Bertz CT molecular complexity index is 451. The third-order valence-electron chi connectivity index (χ3n) is 3.84. The summed E-state index contributed by atoms with van der Waals surface area (Å²) in [5.41, 5.74) is 2.30. The third kappa shape index (κ3) is 3.32. The van der Waals surface area contributed by atoms with Gasteiger partial charge >= 0.3 is 5.97 Å². The van der Waals surface area contributed by atoms with E-state index in [9.17, 15) is 4.79 Å². The molecule has 0 saturated heterocycles. The minimum absolute atomic E-state index is 0.196. The molecule has 1 aliphatic rings. The summed E-state index contributed by atoms with van der Waals surface area (Å²) in [7, 11) is 1.42. The van der Waals surface area contributed by atoms with E-state index in [1.165, 1.54) is 56.7 Å². The van der Waals surface area contributed by atoms with E-state index in [4.69, 9.17) is 4.74 Å². The van der Waals surface area contributed by atoms with E-state index in [-0.39, 0.29) is 5.97 Å². The number of ether oxygens (including phenoxy) is 1. The molecule has 5 heteroatoms. The second-order valence-electron chi connectivity index (χ2n) is 5.09. The van der Waals surface area contributed by atoms with Crippen LogP contribution in [-0.2, 0) is 9.53 Å². The number of hydrogen-bond donors (Lipinski definition) is 0. The summed E-state index contributed by atoms with van der Waals surface area (Å²) in [4.78, 5) is 15.9. The number of carbonyl (C=O) groups excluding carboxylic acids is 1. The first-order chi connectivity index (χ1) is 9.13. The number of hydrogen-bond acceptors (Lipinski definition) is 4. The highest BCUT2D eigenvalue weighted by Gasteiger charge is 2.22. The first kappa shape index (κ1) is 14.4. The number of carbonyl (C=O) groups is 1. The van der Waals surface area contributed by atoms with E-state index < -0.39 is 0 Å². The predicted molar refractivity (Wildman–Crippen MR) is 76.6 cm³/mol. The number of thioether (sulfide) groups is 1. The molecule has 0 N–H and O–H groups in total. The van der Waals surface area contributed by atoms with Crippen molar-refractivity contribution in [2.75, 3.05) is 12.9 Å². The molecule has 0 aromatic carbocycles. The van der Waals surface area contributed by atoms with Crippen LogP contribution >= 0.6 is 11.8 Å². The highest BCUT2D eigenvalue weighted by Crippen LogP contribution is 2.34. The number of esters is 1. The lowest BCUT2D eigenvalue weighted by molar-refractivity contribution is -0.137. The molecule has 0 spiro atoms. The molecule has 2 rings (SSSR count). The van der Waals surface area contributed by atoms with Crippen LogP contribution in [0.4, 0.5) is 0 Å². The molecular weight excluding hydrogens is 260 g/mol. The molecule has 0 bridgehead atoms. The zero-order valence-electron chi connectivity index (χ0n) is 11.9. The lowest BCUT2D eigenvalue weighted by Gasteiger charge is -2.25. The van der Waals surface area contributed by atoms with Crippen molar-refractivity contribution in [3.8, 4) is 0 Å². The lowest BCUT2D eigenvalue weighted by atomic mass is 9.95. The van der Waals surface area contributed by atoms with E-state index in [1.54, 1.807) is 0 Å². The first-order valence-corrected chi connectivity index (χ1v) is 7.87. The van der Waals surface area contributed by atoms with Gasteiger partial charge in [-0.25, -0.2) is 4.98 Å². The summed E-state index contributed by atoms with van der Waals surface area (Å²) in [5.74, 6) is 0.137. The fourth-order valence-electron chi connectivity index (χ4n) is 2.65. The van der Waals surface area contributed by atoms with Gasteiger partial charge in [0, 0.05) is 11.7 Å². The van der Waals surface area contributed by atoms with Crippen LogP contribution in [0.1, 0.15) is 49.5 Å². The summed E-state index contributed by atoms with van der Waals surface area (Å²) >= 11 is 1.49. The molecule has 0 amide bonds. The van der Waals surface area contributed by atoms with Crippen molar-refractivity contribution in [2.24, 2.45) is 0 Å². The highest BCUT2D eigenvalue weighted by molar-refractivity contribution is 7.99. The van der Waals surface area contributed by atoms with Gasteiger partial charge in [-0.15, -0.1) is 0 Å². The highest BCUT2D eigenvalue weighted by atomic mass is 32.2. The summed E-state index contributed by atoms with van der Waals surface area (Å²) in [5, 5.41) is 0.965. The Hall–Kier alpha value is -0.970. The molecule has 1 aromatic heterocycles. The van der Waals surface area contributed by atoms with Gasteiger partial charge in [-0.3, -0.25) is 4.79 Å². The van der Waals surface area contributed by atoms with Gasteiger partial charge in [-0.2, -0.15) is 0 Å². The van der Waals surface area contributed by atoms with Crippen molar-refractivity contribution >= 4 is 17.7 Å². The van der Waals surface area contributed by atoms with E-state index in [2.05, 4.69) is 16.5 Å². The maximum atomic E-state index is 11.3. The van der Waals surface area contributed by atoms with Crippen molar-refractivity contribution in [3.63, 3.8) is 0 Å². The number of rotatable bonds is 4. The topological polar surface area (TPSA) is 44.1 Å². The summed E-state index contributed by atoms with van der Waals surface area (Å²) < 4.78 is 7.03. The Labute approximate surface area is 118 Å². The normalized spacial score (nSPS) is 16.6. The Balaban J connectivity index is 2.17. The third-order valence-corrected chi connectivity index (χ3v) is 4.77. The molecule has 0 aliphatic heterocycles. The van der Waals surface area contributed by atoms with Gasteiger partial charge in [0.05, 0.1) is 18.6 Å². The second-order valence-corrected chi connectivity index (χ2v) is 6.03. The summed E-state index contributed by atoms with van der Waals surface area (Å²) in [6, 6.07) is 0.551. The van der Waals surface area contributed by atoms with Crippen LogP contribution in [0.3, 0.4) is 0 Å². The van der Waals surface area contributed by atoms with Gasteiger partial charge in [0.25, 0.3) is 0 Å². The number of imidazole rings is 1. The molecule has 1 aromatic rings. The monoisotopic (exact) mass is 282 g/mol. The molecule has 0 radical (unpaired) electrons. The smallest absolute Gasteiger partial charge is 0.316 e. The van der Waals surface area contributed by atoms with Crippen molar-refractivity contribution in [3.05, 3.63) is 11.4 Å². The number of aryl methyl sites for hydroxylation is 1. The van der Waals surface area contributed by atoms with Crippen molar-refractivity contribution in [1.82, 2.24) is 9.55 Å². The van der Waals surface area contributed by atoms with Gasteiger partial charge < -0.3 is 9.30 Å². The lowest BCUT2D eigenvalue weighted by Crippen LogP contribution is -2.15. The zero-order valence-corrected chi connectivity index (χ0v) is 12.8. The van der Waals surface area contributed by atoms with Crippen LogP contribution in [0.5, 0.6) is 0 Å². The van der Waals surface area contributed by atoms with Gasteiger partial charge in [-0.05, 0) is 26.7 Å². The molecule has 0 atom stereocenters. The van der Waals surface area contributed by atoms with Crippen LogP contribution in [0.25, 0.3) is 0 Å². The van der Waals surface area contributed by atoms with Crippen LogP contribution in [0.2, 0.25) is 0 Å². The maximum absolute atomic E-state index is 11.3. The van der Waals surface area contributed by atoms with Crippen molar-refractivity contribution in [2.45, 2.75) is 57.1 Å². The SMILES string of the molecule is COC(=O)CSc1nc(C)c(C)n1C1CCCCC1. The molecule has 1 saturated carbocycles. The Kier molecular flexibility index (Phi) is 4.91. The molecule has 1 aliphatic carbocycles. The Morgan fingerprint density at radius 2 is 2.05 bits per heavy atom. The first-order valence-electron chi connectivity index (χ1n) is 6.88. The Morgan fingerprint density at radius 3 is 2.68 bits per heavy atom. The van der Waals surface area contributed by atoms with Crippen LogP contribution in [-0.4, -0.2) is 28.4 Å². The Morgan fingerprint density at radius 1 is 1.37 bits per heavy atom. The fraction of sp³-hybridized carbons (Fsp3) is 0.714. The quantitative estimate of drug-likeness (QED) is 0.628. The number of aromatic nitrogens is 2. The summed E-state index contributed by atoms with van der Waals surface area (Å²) in [6.07, 6.45) is 6.38. The molecule has 106 valence electrons. The molecular formula is C14H22N2O2S. The van der Waals surface area contributed by atoms with E-state index >= 15 is 0 Å². The standard InChI is InChI=1S/C14H22N2O2S/c1-10-11(2)16(12-7-5-4-6-8-12)14(15-10)19-9-13(17)18-3/h12H,4-9H2,1-3H3. The molecule has 4 nitrogen and oxygen atoms in total. The van der Waals surface area contributed by atoms with Crippen LogP contribution < -0.4 is 0 Å².